The first kappa shape index (κ1) is 14.0. The molecule has 0 radical (unpaired) electrons. The van der Waals surface area contributed by atoms with Crippen LogP contribution in [0.3, 0.4) is 0 Å². The third-order valence-corrected chi connectivity index (χ3v) is 2.51. The molecule has 2 aromatic rings. The van der Waals surface area contributed by atoms with Crippen LogP contribution < -0.4 is 4.74 Å². The summed E-state index contributed by atoms with van der Waals surface area (Å²) in [6.07, 6.45) is 4.77. The zero-order chi connectivity index (χ0) is 14.7. The Balaban J connectivity index is 2.31. The molecule has 0 aromatic carbocycles. The minimum absolute atomic E-state index is 0.0413. The monoisotopic (exact) mass is 274 g/mol. The highest BCUT2D eigenvalue weighted by Crippen LogP contribution is 2.15. The Bertz CT molecular complexity index is 644. The van der Waals surface area contributed by atoms with Crippen molar-refractivity contribution < 1.29 is 9.53 Å². The first-order chi connectivity index (χ1) is 9.47. The molecule has 0 aliphatic carbocycles. The van der Waals surface area contributed by atoms with Crippen molar-refractivity contribution in [2.45, 2.75) is 20.0 Å². The Morgan fingerprint density at radius 3 is 2.80 bits per heavy atom. The summed E-state index contributed by atoms with van der Waals surface area (Å²) >= 11 is 0. The Hall–Kier alpha value is -2.37. The molecule has 20 heavy (non-hydrogen) atoms. The van der Waals surface area contributed by atoms with Gasteiger partial charge in [-0.25, -0.2) is 0 Å². The van der Waals surface area contributed by atoms with Crippen molar-refractivity contribution in [3.05, 3.63) is 36.2 Å². The van der Waals surface area contributed by atoms with Gasteiger partial charge in [0.2, 0.25) is 5.88 Å². The van der Waals surface area contributed by atoms with Gasteiger partial charge < -0.3 is 9.64 Å². The molecule has 2 heterocycles. The third-order valence-electron chi connectivity index (χ3n) is 2.51. The predicted molar refractivity (Wildman–Crippen MR) is 75.9 cm³/mol. The fourth-order valence-corrected chi connectivity index (χ4v) is 1.66. The maximum absolute atomic E-state index is 12.1. The van der Waals surface area contributed by atoms with Crippen LogP contribution in [0.15, 0.2) is 30.6 Å². The van der Waals surface area contributed by atoms with E-state index in [4.69, 9.17) is 4.74 Å². The molecule has 0 saturated heterocycles. The molecule has 2 rings (SSSR count). The van der Waals surface area contributed by atoms with Crippen molar-refractivity contribution in [3.63, 3.8) is 0 Å². The zero-order valence-electron chi connectivity index (χ0n) is 12.1. The summed E-state index contributed by atoms with van der Waals surface area (Å²) in [6.45, 7) is 3.85. The first-order valence-corrected chi connectivity index (χ1v) is 6.38. The van der Waals surface area contributed by atoms with Crippen LogP contribution in [0.25, 0.3) is 5.52 Å². The largest absolute Gasteiger partial charge is 0.474 e. The van der Waals surface area contributed by atoms with Gasteiger partial charge in [0.15, 0.2) is 5.78 Å². The van der Waals surface area contributed by atoms with Crippen LogP contribution in [0.5, 0.6) is 5.88 Å². The molecule has 0 aliphatic rings. The Morgan fingerprint density at radius 2 is 2.15 bits per heavy atom. The van der Waals surface area contributed by atoms with Gasteiger partial charge in [0.1, 0.15) is 0 Å². The van der Waals surface area contributed by atoms with E-state index in [0.29, 0.717) is 17.0 Å². The van der Waals surface area contributed by atoms with E-state index in [2.05, 4.69) is 10.2 Å². The van der Waals surface area contributed by atoms with E-state index in [1.807, 2.05) is 27.9 Å². The average Bonchev–Trinajstić information content (AvgIpc) is 2.78. The lowest BCUT2D eigenvalue weighted by molar-refractivity contribution is 0.104. The molecule has 0 N–H and O–H groups in total. The van der Waals surface area contributed by atoms with Gasteiger partial charge in [-0.2, -0.15) is 5.10 Å². The van der Waals surface area contributed by atoms with Gasteiger partial charge in [0.05, 0.1) is 23.4 Å². The number of ketones is 1. The first-order valence-electron chi connectivity index (χ1n) is 6.38. The number of rotatable bonds is 5. The zero-order valence-corrected chi connectivity index (χ0v) is 12.1. The number of carbonyl (C=O) groups excluding carboxylic acids is 1. The smallest absolute Gasteiger partial charge is 0.233 e. The van der Waals surface area contributed by atoms with E-state index < -0.39 is 0 Å². The van der Waals surface area contributed by atoms with E-state index in [-0.39, 0.29) is 11.9 Å². The summed E-state index contributed by atoms with van der Waals surface area (Å²) in [6, 6.07) is 3.53. The molecule has 0 atom stereocenters. The second-order valence-electron chi connectivity index (χ2n) is 4.91. The fourth-order valence-electron chi connectivity index (χ4n) is 1.66. The molecule has 6 nitrogen and oxygen atoms in total. The third kappa shape index (κ3) is 3.14. The van der Waals surface area contributed by atoms with Crippen molar-refractivity contribution in [2.75, 3.05) is 14.1 Å². The van der Waals surface area contributed by atoms with E-state index in [9.17, 15) is 4.79 Å². The molecule has 0 unspecified atom stereocenters. The SMILES string of the molecule is CC(C)Oc1ccc2c(C(=O)/C=C/N(C)C)cnn2n1. The number of nitrogens with zero attached hydrogens (tertiary/aromatic N) is 4. The molecule has 6 heteroatoms. The number of allylic oxidation sites excluding steroid dienone is 1. The Kier molecular flexibility index (Phi) is 4.02. The standard InChI is InChI=1S/C14H18N4O2/c1-10(2)20-14-6-5-12-11(9-15-18(12)16-14)13(19)7-8-17(3)4/h5-10H,1-4H3/b8-7+. The number of aromatic nitrogens is 3. The highest BCUT2D eigenvalue weighted by atomic mass is 16.5. The van der Waals surface area contributed by atoms with E-state index in [1.165, 1.54) is 16.9 Å². The average molecular weight is 274 g/mol. The molecular formula is C14H18N4O2. The molecular weight excluding hydrogens is 256 g/mol. The van der Waals surface area contributed by atoms with Crippen molar-refractivity contribution in [1.29, 1.82) is 0 Å². The maximum Gasteiger partial charge on any atom is 0.233 e. The Morgan fingerprint density at radius 1 is 1.40 bits per heavy atom. The second-order valence-corrected chi connectivity index (χ2v) is 4.91. The van der Waals surface area contributed by atoms with Gasteiger partial charge in [-0.15, -0.1) is 9.73 Å². The maximum atomic E-state index is 12.1. The lowest BCUT2D eigenvalue weighted by Gasteiger charge is -2.07. The Labute approximate surface area is 117 Å². The molecule has 2 aromatic heterocycles. The second kappa shape index (κ2) is 5.73. The van der Waals surface area contributed by atoms with Gasteiger partial charge in [0, 0.05) is 32.4 Å². The van der Waals surface area contributed by atoms with Crippen LogP contribution in [0, 0.1) is 0 Å². The van der Waals surface area contributed by atoms with Gasteiger partial charge in [-0.05, 0) is 19.9 Å². The molecule has 0 saturated carbocycles. The minimum Gasteiger partial charge on any atom is -0.474 e. The quantitative estimate of drug-likeness (QED) is 0.614. The van der Waals surface area contributed by atoms with Crippen LogP contribution in [0.2, 0.25) is 0 Å². The number of hydrogen-bond donors (Lipinski definition) is 0. The topological polar surface area (TPSA) is 59.7 Å². The summed E-state index contributed by atoms with van der Waals surface area (Å²) in [7, 11) is 3.72. The van der Waals surface area contributed by atoms with Crippen LogP contribution in [0.4, 0.5) is 0 Å². The van der Waals surface area contributed by atoms with Gasteiger partial charge in [-0.1, -0.05) is 0 Å². The van der Waals surface area contributed by atoms with Gasteiger partial charge in [-0.3, -0.25) is 4.79 Å². The van der Waals surface area contributed by atoms with Gasteiger partial charge >= 0.3 is 0 Å². The van der Waals surface area contributed by atoms with Crippen molar-refractivity contribution >= 4 is 11.3 Å². The summed E-state index contributed by atoms with van der Waals surface area (Å²) in [4.78, 5) is 13.9. The summed E-state index contributed by atoms with van der Waals surface area (Å²) in [5.41, 5.74) is 1.18. The summed E-state index contributed by atoms with van der Waals surface area (Å²) in [5.74, 6) is 0.381. The number of hydrogen-bond acceptors (Lipinski definition) is 5. The number of fused-ring (bicyclic) bond motifs is 1. The minimum atomic E-state index is -0.104. The number of ether oxygens (including phenoxy) is 1. The van der Waals surface area contributed by atoms with E-state index in [0.717, 1.165) is 0 Å². The number of carbonyl (C=O) groups is 1. The van der Waals surface area contributed by atoms with Crippen molar-refractivity contribution in [2.24, 2.45) is 0 Å². The summed E-state index contributed by atoms with van der Waals surface area (Å²) in [5, 5.41) is 8.30. The van der Waals surface area contributed by atoms with Crippen molar-refractivity contribution in [3.8, 4) is 5.88 Å². The molecule has 0 aliphatic heterocycles. The molecule has 0 spiro atoms. The van der Waals surface area contributed by atoms with E-state index >= 15 is 0 Å². The van der Waals surface area contributed by atoms with Crippen LogP contribution in [-0.4, -0.2) is 45.7 Å². The molecule has 0 bridgehead atoms. The van der Waals surface area contributed by atoms with Crippen LogP contribution in [-0.2, 0) is 0 Å². The fraction of sp³-hybridized carbons (Fsp3) is 0.357. The normalized spacial score (nSPS) is 11.4. The highest BCUT2D eigenvalue weighted by molar-refractivity contribution is 6.09. The van der Waals surface area contributed by atoms with Crippen molar-refractivity contribution in [1.82, 2.24) is 19.7 Å². The highest BCUT2D eigenvalue weighted by Gasteiger charge is 2.12. The molecule has 0 fully saturated rings. The van der Waals surface area contributed by atoms with E-state index in [1.54, 1.807) is 23.2 Å². The molecule has 106 valence electrons. The van der Waals surface area contributed by atoms with Crippen LogP contribution in [0.1, 0.15) is 24.2 Å². The lowest BCUT2D eigenvalue weighted by atomic mass is 10.2. The van der Waals surface area contributed by atoms with Gasteiger partial charge in [0.25, 0.3) is 0 Å². The summed E-state index contributed by atoms with van der Waals surface area (Å²) < 4.78 is 6.90. The predicted octanol–water partition coefficient (Wildman–Crippen LogP) is 1.77. The lowest BCUT2D eigenvalue weighted by Crippen LogP contribution is -2.08. The molecule has 0 amide bonds. The van der Waals surface area contributed by atoms with Crippen LogP contribution >= 0.6 is 0 Å².